The summed E-state index contributed by atoms with van der Waals surface area (Å²) in [5.41, 5.74) is 2.51. The van der Waals surface area contributed by atoms with Crippen LogP contribution in [0.1, 0.15) is 29.2 Å². The van der Waals surface area contributed by atoms with Gasteiger partial charge in [-0.15, -0.1) is 0 Å². The van der Waals surface area contributed by atoms with Gasteiger partial charge in [-0.05, 0) is 41.3 Å². The first-order valence-corrected chi connectivity index (χ1v) is 9.98. The van der Waals surface area contributed by atoms with E-state index in [1.807, 2.05) is 54.1 Å². The minimum Gasteiger partial charge on any atom is -0.497 e. The normalized spacial score (nSPS) is 17.2. The van der Waals surface area contributed by atoms with Crippen molar-refractivity contribution >= 4 is 28.4 Å². The van der Waals surface area contributed by atoms with E-state index < -0.39 is 17.4 Å². The number of aryl methyl sites for hydroxylation is 1. The van der Waals surface area contributed by atoms with Crippen molar-refractivity contribution in [1.82, 2.24) is 4.57 Å². The molecule has 4 rings (SSSR count). The molecular formula is C25H25NO5. The number of carbonyl (C=O) groups excluding carboxylic acids is 2. The van der Waals surface area contributed by atoms with Crippen molar-refractivity contribution in [2.24, 2.45) is 12.5 Å². The standard InChI is InChI=1S/C25H25NO5/c1-15-22-21(18-8-6-7-9-20(18)26(22)2)19(16-10-12-17(29-3)13-11-16)14-25(15,23(27)30-4)24(28)31-5/h6-13,19H,1,14H2,2-5H3/t19-/m0/s1. The van der Waals surface area contributed by atoms with Crippen LogP contribution in [0.2, 0.25) is 0 Å². The lowest BCUT2D eigenvalue weighted by molar-refractivity contribution is -0.165. The smallest absolute Gasteiger partial charge is 0.327 e. The zero-order valence-electron chi connectivity index (χ0n) is 18.1. The number of hydrogen-bond acceptors (Lipinski definition) is 5. The zero-order chi connectivity index (χ0) is 22.3. The van der Waals surface area contributed by atoms with Gasteiger partial charge >= 0.3 is 11.9 Å². The molecule has 0 saturated carbocycles. The minimum absolute atomic E-state index is 0.165. The van der Waals surface area contributed by atoms with Crippen LogP contribution in [-0.4, -0.2) is 37.8 Å². The molecule has 0 radical (unpaired) electrons. The number of fused-ring (bicyclic) bond motifs is 3. The van der Waals surface area contributed by atoms with Crippen molar-refractivity contribution < 1.29 is 23.8 Å². The predicted octanol–water partition coefficient (Wildman–Crippen LogP) is 4.07. The van der Waals surface area contributed by atoms with Crippen LogP contribution in [0.15, 0.2) is 55.1 Å². The van der Waals surface area contributed by atoms with Crippen LogP contribution in [0.3, 0.4) is 0 Å². The van der Waals surface area contributed by atoms with Crippen LogP contribution in [0.4, 0.5) is 0 Å². The highest BCUT2D eigenvalue weighted by Gasteiger charge is 2.57. The Balaban J connectivity index is 2.06. The van der Waals surface area contributed by atoms with Gasteiger partial charge in [0, 0.05) is 29.6 Å². The second-order valence-electron chi connectivity index (χ2n) is 7.74. The van der Waals surface area contributed by atoms with Crippen molar-refractivity contribution in [2.75, 3.05) is 21.3 Å². The van der Waals surface area contributed by atoms with Gasteiger partial charge in [0.1, 0.15) is 5.75 Å². The van der Waals surface area contributed by atoms with Gasteiger partial charge in [0.05, 0.1) is 21.3 Å². The van der Waals surface area contributed by atoms with E-state index in [9.17, 15) is 9.59 Å². The third kappa shape index (κ3) is 2.86. The Morgan fingerprint density at radius 3 is 2.19 bits per heavy atom. The Kier molecular flexibility index (Phi) is 5.09. The van der Waals surface area contributed by atoms with Gasteiger partial charge in [-0.25, -0.2) is 0 Å². The fourth-order valence-corrected chi connectivity index (χ4v) is 4.84. The molecule has 0 aliphatic heterocycles. The molecule has 6 heteroatoms. The molecule has 1 aliphatic rings. The Hall–Kier alpha value is -3.54. The number of rotatable bonds is 4. The van der Waals surface area contributed by atoms with Crippen LogP contribution in [-0.2, 0) is 26.1 Å². The molecule has 0 fully saturated rings. The molecule has 2 aromatic carbocycles. The number of benzene rings is 2. The van der Waals surface area contributed by atoms with Crippen LogP contribution in [0.25, 0.3) is 16.5 Å². The summed E-state index contributed by atoms with van der Waals surface area (Å²) in [5.74, 6) is -0.859. The number of methoxy groups -OCH3 is 3. The largest absolute Gasteiger partial charge is 0.497 e. The molecule has 3 aromatic rings. The Morgan fingerprint density at radius 1 is 1.00 bits per heavy atom. The number of ether oxygens (including phenoxy) is 3. The van der Waals surface area contributed by atoms with Gasteiger partial charge in [0.15, 0.2) is 5.41 Å². The molecule has 0 amide bonds. The maximum Gasteiger partial charge on any atom is 0.327 e. The van der Waals surface area contributed by atoms with E-state index in [0.717, 1.165) is 33.5 Å². The van der Waals surface area contributed by atoms with E-state index in [-0.39, 0.29) is 12.3 Å². The van der Waals surface area contributed by atoms with E-state index in [1.165, 1.54) is 14.2 Å². The highest BCUT2D eigenvalue weighted by atomic mass is 16.5. The molecule has 0 saturated heterocycles. The zero-order valence-corrected chi connectivity index (χ0v) is 18.1. The predicted molar refractivity (Wildman–Crippen MR) is 118 cm³/mol. The van der Waals surface area contributed by atoms with Crippen LogP contribution < -0.4 is 4.74 Å². The van der Waals surface area contributed by atoms with Gasteiger partial charge in [-0.3, -0.25) is 9.59 Å². The molecule has 0 N–H and O–H groups in total. The maximum absolute atomic E-state index is 13.1. The second kappa shape index (κ2) is 7.61. The van der Waals surface area contributed by atoms with Crippen LogP contribution in [0.5, 0.6) is 5.75 Å². The van der Waals surface area contributed by atoms with Gasteiger partial charge < -0.3 is 18.8 Å². The summed E-state index contributed by atoms with van der Waals surface area (Å²) in [6, 6.07) is 15.7. The molecule has 6 nitrogen and oxygen atoms in total. The SMILES string of the molecule is C=C1c2c(c3ccccc3n2C)[C@H](c2ccc(OC)cc2)CC1(C(=O)OC)C(=O)OC. The first-order chi connectivity index (χ1) is 14.9. The lowest BCUT2D eigenvalue weighted by Gasteiger charge is -2.39. The highest BCUT2D eigenvalue weighted by Crippen LogP contribution is 2.55. The number of aromatic nitrogens is 1. The molecular weight excluding hydrogens is 394 g/mol. The Labute approximate surface area is 181 Å². The molecule has 0 spiro atoms. The van der Waals surface area contributed by atoms with Gasteiger partial charge in [-0.1, -0.05) is 36.9 Å². The Morgan fingerprint density at radius 2 is 1.61 bits per heavy atom. The maximum atomic E-state index is 13.1. The Bertz CT molecular complexity index is 1170. The van der Waals surface area contributed by atoms with Gasteiger partial charge in [0.25, 0.3) is 0 Å². The highest BCUT2D eigenvalue weighted by molar-refractivity contribution is 6.14. The molecule has 1 aromatic heterocycles. The molecule has 0 bridgehead atoms. The van der Waals surface area contributed by atoms with E-state index in [1.54, 1.807) is 7.11 Å². The number of nitrogens with zero attached hydrogens (tertiary/aromatic N) is 1. The lowest BCUT2D eigenvalue weighted by Crippen LogP contribution is -2.46. The fraction of sp³-hybridized carbons (Fsp3) is 0.280. The van der Waals surface area contributed by atoms with Crippen molar-refractivity contribution in [3.63, 3.8) is 0 Å². The van der Waals surface area contributed by atoms with Crippen molar-refractivity contribution in [2.45, 2.75) is 12.3 Å². The number of hydrogen-bond donors (Lipinski definition) is 0. The second-order valence-corrected chi connectivity index (χ2v) is 7.74. The van der Waals surface area contributed by atoms with Crippen LogP contribution in [0, 0.1) is 5.41 Å². The van der Waals surface area contributed by atoms with E-state index >= 15 is 0 Å². The summed E-state index contributed by atoms with van der Waals surface area (Å²) >= 11 is 0. The summed E-state index contributed by atoms with van der Waals surface area (Å²) in [7, 11) is 6.09. The molecule has 0 unspecified atom stereocenters. The van der Waals surface area contributed by atoms with E-state index in [2.05, 4.69) is 12.6 Å². The average molecular weight is 419 g/mol. The topological polar surface area (TPSA) is 66.8 Å². The van der Waals surface area contributed by atoms with Crippen molar-refractivity contribution in [3.8, 4) is 5.75 Å². The van der Waals surface area contributed by atoms with E-state index in [0.29, 0.717) is 5.57 Å². The summed E-state index contributed by atoms with van der Waals surface area (Å²) in [4.78, 5) is 26.2. The first-order valence-electron chi connectivity index (χ1n) is 9.98. The third-order valence-electron chi connectivity index (χ3n) is 6.39. The summed E-state index contributed by atoms with van der Waals surface area (Å²) in [6.07, 6.45) is 0.165. The molecule has 1 atom stereocenters. The first kappa shape index (κ1) is 20.7. The van der Waals surface area contributed by atoms with Crippen LogP contribution >= 0.6 is 0 Å². The fourth-order valence-electron chi connectivity index (χ4n) is 4.84. The third-order valence-corrected chi connectivity index (χ3v) is 6.39. The molecule has 160 valence electrons. The molecule has 31 heavy (non-hydrogen) atoms. The summed E-state index contributed by atoms with van der Waals surface area (Å²) in [6.45, 7) is 4.22. The van der Waals surface area contributed by atoms with Gasteiger partial charge in [0.2, 0.25) is 0 Å². The van der Waals surface area contributed by atoms with Crippen molar-refractivity contribution in [3.05, 3.63) is 71.9 Å². The van der Waals surface area contributed by atoms with E-state index in [4.69, 9.17) is 14.2 Å². The monoisotopic (exact) mass is 419 g/mol. The number of para-hydroxylation sites is 1. The average Bonchev–Trinajstić information content (AvgIpc) is 3.12. The summed E-state index contributed by atoms with van der Waals surface area (Å²) in [5, 5.41) is 1.06. The quantitative estimate of drug-likeness (QED) is 0.471. The van der Waals surface area contributed by atoms with Crippen molar-refractivity contribution in [1.29, 1.82) is 0 Å². The number of esters is 2. The molecule has 1 heterocycles. The van der Waals surface area contributed by atoms with Gasteiger partial charge in [-0.2, -0.15) is 0 Å². The lowest BCUT2D eigenvalue weighted by atomic mass is 9.64. The minimum atomic E-state index is -1.64. The summed E-state index contributed by atoms with van der Waals surface area (Å²) < 4.78 is 17.5. The molecule has 1 aliphatic carbocycles. The number of carbonyl (C=O) groups is 2.